The van der Waals surface area contributed by atoms with Gasteiger partial charge < -0.3 is 15.6 Å². The third kappa shape index (κ3) is 4.49. The first-order valence-corrected chi connectivity index (χ1v) is 6.79. The van der Waals surface area contributed by atoms with Gasteiger partial charge in [0.05, 0.1) is 11.2 Å². The average molecular weight is 304 g/mol. The average Bonchev–Trinajstić information content (AvgIpc) is 2.65. The van der Waals surface area contributed by atoms with E-state index >= 15 is 0 Å². The third-order valence-corrected chi connectivity index (χ3v) is 3.44. The van der Waals surface area contributed by atoms with Gasteiger partial charge in [-0.25, -0.2) is 0 Å². The molecule has 3 N–H and O–H groups in total. The zero-order chi connectivity index (χ0) is 14.6. The normalized spacial score (nSPS) is 15.1. The highest BCUT2D eigenvalue weighted by atomic mass is 35.5. The van der Waals surface area contributed by atoms with Crippen LogP contribution in [0.15, 0.2) is 4.52 Å². The van der Waals surface area contributed by atoms with Gasteiger partial charge in [0.15, 0.2) is 0 Å². The lowest BCUT2D eigenvalue weighted by molar-refractivity contribution is -0.126. The van der Waals surface area contributed by atoms with Gasteiger partial charge in [0.25, 0.3) is 0 Å². The first-order valence-electron chi connectivity index (χ1n) is 6.79. The number of hydrogen-bond acceptors (Lipinski definition) is 4. The van der Waals surface area contributed by atoms with Gasteiger partial charge in [-0.15, -0.1) is 12.4 Å². The second-order valence-electron chi connectivity index (χ2n) is 5.52. The fourth-order valence-electron chi connectivity index (χ4n) is 2.38. The van der Waals surface area contributed by atoms with E-state index in [4.69, 9.17) is 10.3 Å². The molecular formula is C14H26ClN3O2. The Bertz CT molecular complexity index is 424. The molecule has 1 amide bonds. The lowest BCUT2D eigenvalue weighted by Crippen LogP contribution is -2.52. The third-order valence-electron chi connectivity index (χ3n) is 3.44. The van der Waals surface area contributed by atoms with Gasteiger partial charge in [0, 0.05) is 18.0 Å². The summed E-state index contributed by atoms with van der Waals surface area (Å²) >= 11 is 0. The van der Waals surface area contributed by atoms with Crippen LogP contribution in [-0.4, -0.2) is 23.1 Å². The van der Waals surface area contributed by atoms with E-state index in [1.165, 1.54) is 0 Å². The van der Waals surface area contributed by atoms with Crippen LogP contribution < -0.4 is 11.1 Å². The molecule has 6 heteroatoms. The fraction of sp³-hybridized carbons (Fsp3) is 0.714. The van der Waals surface area contributed by atoms with Crippen LogP contribution in [-0.2, 0) is 4.79 Å². The highest BCUT2D eigenvalue weighted by Crippen LogP contribution is 2.22. The van der Waals surface area contributed by atoms with Crippen molar-refractivity contribution in [1.29, 1.82) is 0 Å². The highest BCUT2D eigenvalue weighted by Gasteiger charge is 2.27. The van der Waals surface area contributed by atoms with E-state index in [2.05, 4.69) is 10.5 Å². The minimum absolute atomic E-state index is 0. The van der Waals surface area contributed by atoms with Gasteiger partial charge >= 0.3 is 0 Å². The van der Waals surface area contributed by atoms with E-state index in [1.54, 1.807) is 6.92 Å². The van der Waals surface area contributed by atoms with Gasteiger partial charge in [-0.2, -0.15) is 0 Å². The maximum atomic E-state index is 12.0. The Morgan fingerprint density at radius 1 is 1.50 bits per heavy atom. The van der Waals surface area contributed by atoms with Crippen LogP contribution >= 0.6 is 12.4 Å². The van der Waals surface area contributed by atoms with E-state index in [0.717, 1.165) is 23.4 Å². The zero-order valence-electron chi connectivity index (χ0n) is 12.9. The van der Waals surface area contributed by atoms with Gasteiger partial charge in [-0.3, -0.25) is 4.79 Å². The Hall–Kier alpha value is -1.07. The van der Waals surface area contributed by atoms with Crippen molar-refractivity contribution in [2.75, 3.05) is 6.54 Å². The van der Waals surface area contributed by atoms with Crippen molar-refractivity contribution in [1.82, 2.24) is 10.5 Å². The second-order valence-corrected chi connectivity index (χ2v) is 5.52. The van der Waals surface area contributed by atoms with E-state index < -0.39 is 5.54 Å². The summed E-state index contributed by atoms with van der Waals surface area (Å²) in [4.78, 5) is 12.0. The predicted octanol–water partition coefficient (Wildman–Crippen LogP) is 2.45. The summed E-state index contributed by atoms with van der Waals surface area (Å²) in [7, 11) is 0. The Kier molecular flexibility index (Phi) is 7.23. The largest absolute Gasteiger partial charge is 0.361 e. The molecule has 0 fully saturated rings. The van der Waals surface area contributed by atoms with Crippen molar-refractivity contribution >= 4 is 18.3 Å². The Morgan fingerprint density at radius 3 is 2.55 bits per heavy atom. The van der Waals surface area contributed by atoms with Crippen LogP contribution in [0.2, 0.25) is 0 Å². The number of hydrogen-bond donors (Lipinski definition) is 2. The van der Waals surface area contributed by atoms with E-state index in [9.17, 15) is 4.79 Å². The molecule has 0 saturated heterocycles. The molecule has 0 aliphatic heterocycles. The van der Waals surface area contributed by atoms with Crippen LogP contribution in [0.3, 0.4) is 0 Å². The number of carbonyl (C=O) groups excluding carboxylic acids is 1. The topological polar surface area (TPSA) is 81.2 Å². The van der Waals surface area contributed by atoms with E-state index in [0.29, 0.717) is 13.0 Å². The summed E-state index contributed by atoms with van der Waals surface area (Å²) in [6.07, 6.45) is 1.57. The molecule has 0 saturated carbocycles. The minimum atomic E-state index is -0.798. The molecule has 1 heterocycles. The Labute approximate surface area is 127 Å². The molecule has 20 heavy (non-hydrogen) atoms. The molecule has 116 valence electrons. The van der Waals surface area contributed by atoms with Crippen molar-refractivity contribution in [3.05, 3.63) is 17.0 Å². The molecule has 0 aliphatic rings. The molecule has 0 bridgehead atoms. The van der Waals surface area contributed by atoms with Crippen molar-refractivity contribution in [2.24, 2.45) is 5.73 Å². The summed E-state index contributed by atoms with van der Waals surface area (Å²) in [5.74, 6) is 0.865. The number of rotatable bonds is 6. The quantitative estimate of drug-likeness (QED) is 0.846. The molecule has 1 aromatic rings. The SMILES string of the molecule is CCCC(C)(N)C(=O)NCC(C)c1c(C)noc1C.Cl. The van der Waals surface area contributed by atoms with Crippen LogP contribution in [0.1, 0.15) is 56.5 Å². The van der Waals surface area contributed by atoms with Crippen molar-refractivity contribution in [3.8, 4) is 0 Å². The van der Waals surface area contributed by atoms with E-state index in [1.807, 2.05) is 27.7 Å². The Morgan fingerprint density at radius 2 is 2.10 bits per heavy atom. The maximum absolute atomic E-state index is 12.0. The lowest BCUT2D eigenvalue weighted by atomic mass is 9.95. The van der Waals surface area contributed by atoms with Crippen LogP contribution in [0.25, 0.3) is 0 Å². The summed E-state index contributed by atoms with van der Waals surface area (Å²) < 4.78 is 5.14. The summed E-state index contributed by atoms with van der Waals surface area (Å²) in [5.41, 5.74) is 7.14. The minimum Gasteiger partial charge on any atom is -0.361 e. The number of nitrogens with two attached hydrogens (primary N) is 1. The predicted molar refractivity (Wildman–Crippen MR) is 82.2 cm³/mol. The summed E-state index contributed by atoms with van der Waals surface area (Å²) in [6, 6.07) is 0. The van der Waals surface area contributed by atoms with E-state index in [-0.39, 0.29) is 24.2 Å². The molecule has 1 aromatic heterocycles. The monoisotopic (exact) mass is 303 g/mol. The number of nitrogens with one attached hydrogen (secondary N) is 1. The molecule has 0 spiro atoms. The summed E-state index contributed by atoms with van der Waals surface area (Å²) in [6.45, 7) is 10.2. The Balaban J connectivity index is 0.00000361. The van der Waals surface area contributed by atoms with Crippen molar-refractivity contribution in [2.45, 2.75) is 58.9 Å². The smallest absolute Gasteiger partial charge is 0.239 e. The van der Waals surface area contributed by atoms with Crippen molar-refractivity contribution in [3.63, 3.8) is 0 Å². The first kappa shape index (κ1) is 18.9. The maximum Gasteiger partial charge on any atom is 0.239 e. The lowest BCUT2D eigenvalue weighted by Gasteiger charge is -2.24. The molecular weight excluding hydrogens is 278 g/mol. The van der Waals surface area contributed by atoms with Crippen molar-refractivity contribution < 1.29 is 9.32 Å². The van der Waals surface area contributed by atoms with Crippen LogP contribution in [0.5, 0.6) is 0 Å². The molecule has 0 radical (unpaired) electrons. The number of aryl methyl sites for hydroxylation is 2. The molecule has 2 unspecified atom stereocenters. The van der Waals surface area contributed by atoms with Gasteiger partial charge in [-0.1, -0.05) is 25.4 Å². The van der Waals surface area contributed by atoms with Gasteiger partial charge in [0.1, 0.15) is 5.76 Å². The van der Waals surface area contributed by atoms with Crippen LogP contribution in [0.4, 0.5) is 0 Å². The molecule has 0 aromatic carbocycles. The standard InChI is InChI=1S/C14H25N3O2.ClH/c1-6-7-14(5,15)13(18)16-8-9(2)12-10(3)17-19-11(12)4;/h9H,6-8,15H2,1-5H3,(H,16,18);1H. The molecule has 5 nitrogen and oxygen atoms in total. The molecule has 0 aliphatic carbocycles. The number of amides is 1. The van der Waals surface area contributed by atoms with Gasteiger partial charge in [0.2, 0.25) is 5.91 Å². The second kappa shape index (κ2) is 7.64. The van der Waals surface area contributed by atoms with Gasteiger partial charge in [-0.05, 0) is 27.2 Å². The highest BCUT2D eigenvalue weighted by molar-refractivity contribution is 5.85. The zero-order valence-corrected chi connectivity index (χ0v) is 13.8. The number of halogens is 1. The first-order chi connectivity index (χ1) is 8.79. The summed E-state index contributed by atoms with van der Waals surface area (Å²) in [5, 5.41) is 6.85. The molecule has 2 atom stereocenters. The number of carbonyl (C=O) groups is 1. The van der Waals surface area contributed by atoms with Crippen LogP contribution in [0, 0.1) is 13.8 Å². The number of nitrogens with zero attached hydrogens (tertiary/aromatic N) is 1. The fourth-order valence-corrected chi connectivity index (χ4v) is 2.38. The number of aromatic nitrogens is 1. The molecule has 1 rings (SSSR count).